The number of hydrogen-bond acceptors (Lipinski definition) is 5. The van der Waals surface area contributed by atoms with E-state index in [4.69, 9.17) is 4.74 Å². The molecule has 0 bridgehead atoms. The lowest BCUT2D eigenvalue weighted by Gasteiger charge is -2.34. The summed E-state index contributed by atoms with van der Waals surface area (Å²) >= 11 is 0. The van der Waals surface area contributed by atoms with Crippen LogP contribution in [0.3, 0.4) is 0 Å². The van der Waals surface area contributed by atoms with Gasteiger partial charge in [-0.15, -0.1) is 0 Å². The Morgan fingerprint density at radius 3 is 2.36 bits per heavy atom. The highest BCUT2D eigenvalue weighted by molar-refractivity contribution is 7.88. The average Bonchev–Trinajstić information content (AvgIpc) is 2.46. The summed E-state index contributed by atoms with van der Waals surface area (Å²) in [6.07, 6.45) is 0.517. The van der Waals surface area contributed by atoms with Gasteiger partial charge < -0.3 is 9.84 Å². The molecule has 0 amide bonds. The third kappa shape index (κ3) is 5.20. The van der Waals surface area contributed by atoms with Gasteiger partial charge in [0.2, 0.25) is 10.0 Å². The highest BCUT2D eigenvalue weighted by atomic mass is 32.2. The molecular formula is C14H21FN2O4S. The maximum atomic E-state index is 12.8. The van der Waals surface area contributed by atoms with Gasteiger partial charge in [-0.05, 0) is 24.3 Å². The third-order valence-corrected chi connectivity index (χ3v) is 4.83. The quantitative estimate of drug-likeness (QED) is 0.803. The number of benzene rings is 1. The molecule has 1 N–H and O–H groups in total. The molecule has 1 aromatic carbocycles. The number of halogens is 1. The zero-order valence-electron chi connectivity index (χ0n) is 12.5. The van der Waals surface area contributed by atoms with Gasteiger partial charge in [0.25, 0.3) is 0 Å². The Balaban J connectivity index is 1.72. The van der Waals surface area contributed by atoms with Crippen molar-refractivity contribution in [3.8, 4) is 5.75 Å². The van der Waals surface area contributed by atoms with E-state index >= 15 is 0 Å². The van der Waals surface area contributed by atoms with Crippen LogP contribution in [-0.2, 0) is 10.0 Å². The van der Waals surface area contributed by atoms with Crippen LogP contribution in [0.2, 0.25) is 0 Å². The summed E-state index contributed by atoms with van der Waals surface area (Å²) in [6, 6.07) is 5.61. The molecule has 0 saturated carbocycles. The van der Waals surface area contributed by atoms with Crippen molar-refractivity contribution in [3.05, 3.63) is 30.1 Å². The molecule has 1 aliphatic rings. The smallest absolute Gasteiger partial charge is 0.211 e. The van der Waals surface area contributed by atoms with Gasteiger partial charge in [-0.3, -0.25) is 4.90 Å². The number of β-amino-alcohol motifs (C(OH)–C–C–N with tert-alkyl or cyclic N) is 1. The number of piperazine rings is 1. The lowest BCUT2D eigenvalue weighted by atomic mass is 10.3. The van der Waals surface area contributed by atoms with Crippen LogP contribution in [0.15, 0.2) is 24.3 Å². The van der Waals surface area contributed by atoms with E-state index in [1.807, 2.05) is 4.90 Å². The number of hydrogen-bond donors (Lipinski definition) is 1. The van der Waals surface area contributed by atoms with Crippen molar-refractivity contribution in [2.75, 3.05) is 45.6 Å². The second kappa shape index (κ2) is 7.36. The van der Waals surface area contributed by atoms with Gasteiger partial charge in [0.1, 0.15) is 24.3 Å². The van der Waals surface area contributed by atoms with Crippen LogP contribution < -0.4 is 4.74 Å². The summed E-state index contributed by atoms with van der Waals surface area (Å²) in [7, 11) is -3.14. The third-order valence-electron chi connectivity index (χ3n) is 3.53. The van der Waals surface area contributed by atoms with E-state index < -0.39 is 16.1 Å². The minimum Gasteiger partial charge on any atom is -0.491 e. The number of nitrogens with zero attached hydrogens (tertiary/aromatic N) is 2. The normalized spacial score (nSPS) is 19.0. The minimum atomic E-state index is -3.14. The van der Waals surface area contributed by atoms with Crippen LogP contribution in [0.4, 0.5) is 4.39 Å². The maximum Gasteiger partial charge on any atom is 0.211 e. The Morgan fingerprint density at radius 2 is 1.82 bits per heavy atom. The fraction of sp³-hybridized carbons (Fsp3) is 0.571. The second-order valence-electron chi connectivity index (χ2n) is 5.38. The molecule has 0 aromatic heterocycles. The first-order chi connectivity index (χ1) is 10.3. The van der Waals surface area contributed by atoms with Crippen LogP contribution in [0, 0.1) is 5.82 Å². The molecule has 0 aliphatic carbocycles. The Morgan fingerprint density at radius 1 is 1.23 bits per heavy atom. The van der Waals surface area contributed by atoms with Gasteiger partial charge in [-0.2, -0.15) is 4.31 Å². The number of rotatable bonds is 6. The van der Waals surface area contributed by atoms with Crippen molar-refractivity contribution in [1.29, 1.82) is 0 Å². The van der Waals surface area contributed by atoms with Gasteiger partial charge in [0, 0.05) is 32.7 Å². The molecule has 124 valence electrons. The topological polar surface area (TPSA) is 70.1 Å². The summed E-state index contributed by atoms with van der Waals surface area (Å²) in [6.45, 7) is 2.56. The van der Waals surface area contributed by atoms with Gasteiger partial charge in [-0.1, -0.05) is 0 Å². The lowest BCUT2D eigenvalue weighted by molar-refractivity contribution is 0.0569. The van der Waals surface area contributed by atoms with E-state index in [-0.39, 0.29) is 12.4 Å². The van der Waals surface area contributed by atoms with Crippen molar-refractivity contribution in [1.82, 2.24) is 9.21 Å². The van der Waals surface area contributed by atoms with E-state index in [1.165, 1.54) is 34.8 Å². The van der Waals surface area contributed by atoms with Crippen molar-refractivity contribution in [3.63, 3.8) is 0 Å². The second-order valence-corrected chi connectivity index (χ2v) is 7.36. The zero-order chi connectivity index (χ0) is 16.2. The molecule has 0 unspecified atom stereocenters. The van der Waals surface area contributed by atoms with E-state index in [0.717, 1.165) is 0 Å². The van der Waals surface area contributed by atoms with Gasteiger partial charge >= 0.3 is 0 Å². The molecule has 1 heterocycles. The molecule has 1 aliphatic heterocycles. The predicted octanol–water partition coefficient (Wildman–Crippen LogP) is 0.143. The molecule has 1 saturated heterocycles. The number of aliphatic hydroxyl groups excluding tert-OH is 1. The van der Waals surface area contributed by atoms with E-state index in [9.17, 15) is 17.9 Å². The molecule has 22 heavy (non-hydrogen) atoms. The number of aliphatic hydroxyl groups is 1. The number of sulfonamides is 1. The van der Waals surface area contributed by atoms with Crippen LogP contribution in [-0.4, -0.2) is 74.4 Å². The zero-order valence-corrected chi connectivity index (χ0v) is 13.3. The minimum absolute atomic E-state index is 0.109. The van der Waals surface area contributed by atoms with Gasteiger partial charge in [0.15, 0.2) is 0 Å². The fourth-order valence-corrected chi connectivity index (χ4v) is 3.14. The molecule has 0 spiro atoms. The highest BCUT2D eigenvalue weighted by Gasteiger charge is 2.24. The molecule has 1 atom stereocenters. The average molecular weight is 332 g/mol. The highest BCUT2D eigenvalue weighted by Crippen LogP contribution is 2.12. The van der Waals surface area contributed by atoms with Gasteiger partial charge in [0.05, 0.1) is 6.26 Å². The summed E-state index contributed by atoms with van der Waals surface area (Å²) in [4.78, 5) is 2.00. The Kier molecular flexibility index (Phi) is 5.74. The van der Waals surface area contributed by atoms with Crippen molar-refractivity contribution < 1.29 is 22.7 Å². The van der Waals surface area contributed by atoms with Crippen LogP contribution in [0.5, 0.6) is 5.75 Å². The van der Waals surface area contributed by atoms with Crippen molar-refractivity contribution in [2.24, 2.45) is 0 Å². The maximum absolute atomic E-state index is 12.8. The molecule has 1 fully saturated rings. The molecule has 2 rings (SSSR count). The molecule has 6 nitrogen and oxygen atoms in total. The Bertz CT molecular complexity index is 571. The molecular weight excluding hydrogens is 311 g/mol. The fourth-order valence-electron chi connectivity index (χ4n) is 2.32. The first kappa shape index (κ1) is 17.1. The molecule has 1 aromatic rings. The Hall–Kier alpha value is -1.22. The van der Waals surface area contributed by atoms with E-state index in [2.05, 4.69) is 0 Å². The first-order valence-electron chi connectivity index (χ1n) is 7.08. The summed E-state index contributed by atoms with van der Waals surface area (Å²) < 4.78 is 42.4. The predicted molar refractivity (Wildman–Crippen MR) is 80.8 cm³/mol. The SMILES string of the molecule is CS(=O)(=O)N1CCN(C[C@@H](O)COc2ccc(F)cc2)CC1. The number of ether oxygens (including phenoxy) is 1. The summed E-state index contributed by atoms with van der Waals surface area (Å²) in [5, 5.41) is 9.97. The van der Waals surface area contributed by atoms with Crippen molar-refractivity contribution in [2.45, 2.75) is 6.10 Å². The van der Waals surface area contributed by atoms with Crippen molar-refractivity contribution >= 4 is 10.0 Å². The largest absolute Gasteiger partial charge is 0.491 e. The summed E-state index contributed by atoms with van der Waals surface area (Å²) in [5.41, 5.74) is 0. The summed E-state index contributed by atoms with van der Waals surface area (Å²) in [5.74, 6) is 0.166. The first-order valence-corrected chi connectivity index (χ1v) is 8.93. The van der Waals surface area contributed by atoms with Crippen LogP contribution in [0.25, 0.3) is 0 Å². The standard InChI is InChI=1S/C14H21FN2O4S/c1-22(19,20)17-8-6-16(7-9-17)10-13(18)11-21-14-4-2-12(15)3-5-14/h2-5,13,18H,6-11H2,1H3/t13-/m1/s1. The Labute approximate surface area is 130 Å². The van der Waals surface area contributed by atoms with E-state index in [0.29, 0.717) is 38.5 Å². The van der Waals surface area contributed by atoms with Crippen LogP contribution >= 0.6 is 0 Å². The lowest BCUT2D eigenvalue weighted by Crippen LogP contribution is -2.50. The monoisotopic (exact) mass is 332 g/mol. The van der Waals surface area contributed by atoms with E-state index in [1.54, 1.807) is 0 Å². The molecule has 0 radical (unpaired) electrons. The van der Waals surface area contributed by atoms with Crippen LogP contribution in [0.1, 0.15) is 0 Å². The van der Waals surface area contributed by atoms with Gasteiger partial charge in [-0.25, -0.2) is 12.8 Å². The molecule has 8 heteroatoms.